The van der Waals surface area contributed by atoms with E-state index in [2.05, 4.69) is 0 Å². The monoisotopic (exact) mass is 439 g/mol. The number of rotatable bonds is 5. The molecule has 0 aliphatic carbocycles. The lowest BCUT2D eigenvalue weighted by Crippen LogP contribution is -2.51. The van der Waals surface area contributed by atoms with Crippen molar-refractivity contribution in [1.82, 2.24) is 14.7 Å². The molecule has 10 nitrogen and oxygen atoms in total. The highest BCUT2D eigenvalue weighted by molar-refractivity contribution is 6.22. The number of carbonyl (C=O) groups is 5. The van der Waals surface area contributed by atoms with Gasteiger partial charge in [-0.2, -0.15) is 0 Å². The van der Waals surface area contributed by atoms with E-state index in [1.807, 2.05) is 0 Å². The summed E-state index contributed by atoms with van der Waals surface area (Å²) in [5.41, 5.74) is 0.463. The van der Waals surface area contributed by atoms with E-state index in [4.69, 9.17) is 9.15 Å². The summed E-state index contributed by atoms with van der Waals surface area (Å²) in [5.74, 6) is -2.42. The molecular weight excluding hydrogens is 418 g/mol. The zero-order chi connectivity index (χ0) is 22.8. The number of carbonyl (C=O) groups excluding carboxylic acids is 5. The van der Waals surface area contributed by atoms with Crippen LogP contribution in [0.5, 0.6) is 0 Å². The molecule has 4 amide bonds. The van der Waals surface area contributed by atoms with Gasteiger partial charge in [0.1, 0.15) is 6.04 Å². The van der Waals surface area contributed by atoms with Crippen LogP contribution in [0.3, 0.4) is 0 Å². The zero-order valence-corrected chi connectivity index (χ0v) is 17.4. The molecule has 2 aliphatic heterocycles. The number of furan rings is 1. The molecular formula is C22H21N3O7. The molecule has 1 aromatic carbocycles. The molecule has 0 saturated carbocycles. The fourth-order valence-electron chi connectivity index (χ4n) is 3.72. The van der Waals surface area contributed by atoms with Crippen molar-refractivity contribution in [3.8, 4) is 0 Å². The number of imide groups is 1. The lowest BCUT2D eigenvalue weighted by atomic mass is 10.1. The molecule has 1 atom stereocenters. The number of esters is 1. The molecule has 32 heavy (non-hydrogen) atoms. The third-order valence-electron chi connectivity index (χ3n) is 5.54. The summed E-state index contributed by atoms with van der Waals surface area (Å²) in [5, 5.41) is 0. The fraction of sp³-hybridized carbons (Fsp3) is 0.318. The van der Waals surface area contributed by atoms with E-state index in [1.54, 1.807) is 29.2 Å². The maximum absolute atomic E-state index is 12.5. The van der Waals surface area contributed by atoms with Crippen LogP contribution in [0.25, 0.3) is 0 Å². The van der Waals surface area contributed by atoms with E-state index in [-0.39, 0.29) is 35.9 Å². The van der Waals surface area contributed by atoms with Gasteiger partial charge in [-0.05, 0) is 31.2 Å². The molecule has 0 radical (unpaired) electrons. The predicted molar refractivity (Wildman–Crippen MR) is 109 cm³/mol. The van der Waals surface area contributed by atoms with Crippen molar-refractivity contribution in [2.24, 2.45) is 0 Å². The Kier molecular flexibility index (Phi) is 5.76. The van der Waals surface area contributed by atoms with Crippen LogP contribution >= 0.6 is 0 Å². The maximum atomic E-state index is 12.5. The lowest BCUT2D eigenvalue weighted by molar-refractivity contribution is -0.155. The second-order valence-electron chi connectivity index (χ2n) is 7.46. The van der Waals surface area contributed by atoms with Gasteiger partial charge in [0, 0.05) is 26.2 Å². The summed E-state index contributed by atoms with van der Waals surface area (Å²) in [6, 6.07) is 8.35. The van der Waals surface area contributed by atoms with Crippen LogP contribution in [-0.2, 0) is 14.3 Å². The average Bonchev–Trinajstić information content (AvgIpc) is 3.44. The first kappa shape index (κ1) is 21.3. The Morgan fingerprint density at radius 3 is 2.09 bits per heavy atom. The highest BCUT2D eigenvalue weighted by Gasteiger charge is 2.41. The molecule has 4 rings (SSSR count). The molecule has 10 heteroatoms. The molecule has 1 aromatic heterocycles. The molecule has 166 valence electrons. The largest absolute Gasteiger partial charge is 0.459 e. The van der Waals surface area contributed by atoms with Gasteiger partial charge in [0.05, 0.1) is 17.4 Å². The number of nitrogens with zero attached hydrogens (tertiary/aromatic N) is 3. The van der Waals surface area contributed by atoms with Crippen LogP contribution in [0.2, 0.25) is 0 Å². The van der Waals surface area contributed by atoms with Crippen molar-refractivity contribution in [2.75, 3.05) is 32.8 Å². The smallest absolute Gasteiger partial charge is 0.329 e. The van der Waals surface area contributed by atoms with E-state index < -0.39 is 36.3 Å². The fourth-order valence-corrected chi connectivity index (χ4v) is 3.72. The van der Waals surface area contributed by atoms with Crippen molar-refractivity contribution in [1.29, 1.82) is 0 Å². The summed E-state index contributed by atoms with van der Waals surface area (Å²) < 4.78 is 10.2. The van der Waals surface area contributed by atoms with E-state index in [0.717, 1.165) is 4.90 Å². The van der Waals surface area contributed by atoms with Crippen LogP contribution in [0, 0.1) is 0 Å². The van der Waals surface area contributed by atoms with Gasteiger partial charge >= 0.3 is 5.97 Å². The number of benzene rings is 1. The summed E-state index contributed by atoms with van der Waals surface area (Å²) >= 11 is 0. The van der Waals surface area contributed by atoms with E-state index in [0.29, 0.717) is 13.1 Å². The predicted octanol–water partition coefficient (Wildman–Crippen LogP) is 0.792. The number of hydrogen-bond acceptors (Lipinski definition) is 7. The summed E-state index contributed by atoms with van der Waals surface area (Å²) in [7, 11) is 0. The van der Waals surface area contributed by atoms with Crippen molar-refractivity contribution >= 4 is 29.6 Å². The van der Waals surface area contributed by atoms with E-state index in [9.17, 15) is 24.0 Å². The summed E-state index contributed by atoms with van der Waals surface area (Å²) in [6.45, 7) is 2.09. The Morgan fingerprint density at radius 2 is 1.53 bits per heavy atom. The summed E-state index contributed by atoms with van der Waals surface area (Å²) in [6.07, 6.45) is 1.42. The van der Waals surface area contributed by atoms with Crippen LogP contribution in [0.15, 0.2) is 47.1 Å². The molecule has 1 fully saturated rings. The van der Waals surface area contributed by atoms with Crippen molar-refractivity contribution in [3.05, 3.63) is 59.5 Å². The lowest BCUT2D eigenvalue weighted by Gasteiger charge is -2.34. The topological polar surface area (TPSA) is 117 Å². The van der Waals surface area contributed by atoms with Gasteiger partial charge in [-0.25, -0.2) is 4.79 Å². The third-order valence-corrected chi connectivity index (χ3v) is 5.54. The first-order valence-electron chi connectivity index (χ1n) is 10.1. The van der Waals surface area contributed by atoms with Gasteiger partial charge in [-0.1, -0.05) is 12.1 Å². The Bertz CT molecular complexity index is 1040. The first-order valence-corrected chi connectivity index (χ1v) is 10.1. The van der Waals surface area contributed by atoms with Crippen molar-refractivity contribution < 1.29 is 33.1 Å². The molecule has 2 aromatic rings. The number of hydrogen-bond donors (Lipinski definition) is 0. The van der Waals surface area contributed by atoms with Gasteiger partial charge in [0.2, 0.25) is 0 Å². The van der Waals surface area contributed by atoms with Crippen LogP contribution < -0.4 is 0 Å². The summed E-state index contributed by atoms with van der Waals surface area (Å²) in [4.78, 5) is 66.1. The van der Waals surface area contributed by atoms with E-state index in [1.165, 1.54) is 30.2 Å². The van der Waals surface area contributed by atoms with Gasteiger partial charge in [-0.3, -0.25) is 24.1 Å². The number of ether oxygens (including phenoxy) is 1. The second-order valence-corrected chi connectivity index (χ2v) is 7.46. The van der Waals surface area contributed by atoms with Gasteiger partial charge < -0.3 is 19.0 Å². The maximum Gasteiger partial charge on any atom is 0.329 e. The molecule has 2 aliphatic rings. The Balaban J connectivity index is 1.27. The number of amides is 4. The van der Waals surface area contributed by atoms with Gasteiger partial charge in [0.25, 0.3) is 23.6 Å². The van der Waals surface area contributed by atoms with Gasteiger partial charge in [-0.15, -0.1) is 0 Å². The SMILES string of the molecule is C[C@@H](C(=O)OCC(=O)N1CCN(C(=O)c2ccco2)CC1)N1C(=O)c2ccccc2C1=O. The molecule has 0 N–H and O–H groups in total. The minimum absolute atomic E-state index is 0.232. The molecule has 0 spiro atoms. The molecule has 1 saturated heterocycles. The Hall–Kier alpha value is -3.95. The standard InChI is InChI=1S/C22H21N3O7/c1-14(25-19(27)15-5-2-3-6-16(15)20(25)28)22(30)32-13-18(26)23-8-10-24(11-9-23)21(29)17-7-4-12-31-17/h2-7,12,14H,8-11,13H2,1H3/t14-/m0/s1. The van der Waals surface area contributed by atoms with Crippen LogP contribution in [0.1, 0.15) is 38.2 Å². The minimum atomic E-state index is -1.17. The van der Waals surface area contributed by atoms with Crippen LogP contribution in [-0.4, -0.2) is 83.1 Å². The number of piperazine rings is 1. The quantitative estimate of drug-likeness (QED) is 0.499. The minimum Gasteiger partial charge on any atom is -0.459 e. The Morgan fingerprint density at radius 1 is 0.938 bits per heavy atom. The first-order chi connectivity index (χ1) is 15.4. The van der Waals surface area contributed by atoms with Gasteiger partial charge in [0.15, 0.2) is 12.4 Å². The molecule has 3 heterocycles. The van der Waals surface area contributed by atoms with Crippen LogP contribution in [0.4, 0.5) is 0 Å². The average molecular weight is 439 g/mol. The zero-order valence-electron chi connectivity index (χ0n) is 17.4. The Labute approximate surface area is 183 Å². The van der Waals surface area contributed by atoms with Crippen molar-refractivity contribution in [3.63, 3.8) is 0 Å². The highest BCUT2D eigenvalue weighted by atomic mass is 16.5. The molecule has 0 bridgehead atoms. The van der Waals surface area contributed by atoms with E-state index >= 15 is 0 Å². The third kappa shape index (κ3) is 3.86. The highest BCUT2D eigenvalue weighted by Crippen LogP contribution is 2.24. The second kappa shape index (κ2) is 8.66. The number of fused-ring (bicyclic) bond motifs is 1. The normalized spacial score (nSPS) is 16.7. The van der Waals surface area contributed by atoms with Crippen molar-refractivity contribution in [2.45, 2.75) is 13.0 Å². The molecule has 0 unspecified atom stereocenters.